The number of aliphatic imine (C=N–C) groups is 1. The summed E-state index contributed by atoms with van der Waals surface area (Å²) in [6.45, 7) is 5.25. The Labute approximate surface area is 216 Å². The van der Waals surface area contributed by atoms with Crippen LogP contribution in [-0.4, -0.2) is 75.2 Å². The molecule has 3 aliphatic carbocycles. The number of hydrogen-bond acceptors (Lipinski definition) is 10. The summed E-state index contributed by atoms with van der Waals surface area (Å²) in [5.41, 5.74) is 3.30. The highest BCUT2D eigenvalue weighted by atomic mass is 16.5. The van der Waals surface area contributed by atoms with Crippen molar-refractivity contribution in [1.82, 2.24) is 9.97 Å². The first kappa shape index (κ1) is 24.8. The number of rotatable bonds is 10. The van der Waals surface area contributed by atoms with Crippen molar-refractivity contribution < 1.29 is 24.5 Å². The Morgan fingerprint density at radius 2 is 1.86 bits per heavy atom. The van der Waals surface area contributed by atoms with E-state index in [1.165, 1.54) is 25.7 Å². The Hall–Kier alpha value is -2.53. The summed E-state index contributed by atoms with van der Waals surface area (Å²) < 4.78 is 12.4. The third-order valence-electron chi connectivity index (χ3n) is 8.03. The van der Waals surface area contributed by atoms with Gasteiger partial charge in [0.25, 0.3) is 0 Å². The number of aliphatic hydroxyl groups is 3. The molecule has 37 heavy (non-hydrogen) atoms. The average molecular weight is 512 g/mol. The predicted molar refractivity (Wildman–Crippen MR) is 139 cm³/mol. The fourth-order valence-corrected chi connectivity index (χ4v) is 5.38. The molecule has 2 aromatic heterocycles. The zero-order valence-electron chi connectivity index (χ0n) is 21.5. The van der Waals surface area contributed by atoms with E-state index >= 15 is 0 Å². The number of anilines is 2. The van der Waals surface area contributed by atoms with Crippen molar-refractivity contribution in [3.63, 3.8) is 0 Å². The quantitative estimate of drug-likeness (QED) is 0.325. The molecular formula is C27H37N5O5. The molecule has 200 valence electrons. The molecule has 0 saturated heterocycles. The minimum atomic E-state index is -1.02. The van der Waals surface area contributed by atoms with Crippen molar-refractivity contribution in [3.8, 4) is 11.3 Å². The number of furan rings is 1. The van der Waals surface area contributed by atoms with Crippen LogP contribution in [0.5, 0.6) is 0 Å². The smallest absolute Gasteiger partial charge is 0.224 e. The van der Waals surface area contributed by atoms with Gasteiger partial charge in [-0.15, -0.1) is 0 Å². The number of aliphatic hydroxyl groups excluding tert-OH is 3. The van der Waals surface area contributed by atoms with Gasteiger partial charge in [0.2, 0.25) is 5.95 Å². The van der Waals surface area contributed by atoms with Crippen LogP contribution in [-0.2, 0) is 11.2 Å². The molecule has 0 radical (unpaired) electrons. The van der Waals surface area contributed by atoms with Crippen molar-refractivity contribution in [2.75, 3.05) is 30.4 Å². The summed E-state index contributed by atoms with van der Waals surface area (Å²) in [5, 5.41) is 37.3. The molecule has 1 aliphatic heterocycles. The van der Waals surface area contributed by atoms with Gasteiger partial charge in [-0.1, -0.05) is 0 Å². The number of aromatic nitrogens is 2. The van der Waals surface area contributed by atoms with Crippen LogP contribution >= 0.6 is 0 Å². The van der Waals surface area contributed by atoms with Crippen LogP contribution in [0, 0.1) is 24.7 Å². The number of hydrogen-bond donors (Lipinski definition) is 5. The Morgan fingerprint density at radius 1 is 1.08 bits per heavy atom. The molecule has 3 fully saturated rings. The van der Waals surface area contributed by atoms with E-state index in [0.29, 0.717) is 47.8 Å². The third kappa shape index (κ3) is 5.25. The molecule has 0 amide bonds. The molecular weight excluding hydrogens is 474 g/mol. The highest BCUT2D eigenvalue weighted by Crippen LogP contribution is 2.38. The van der Waals surface area contributed by atoms with E-state index < -0.39 is 24.2 Å². The van der Waals surface area contributed by atoms with Crippen molar-refractivity contribution in [2.45, 2.75) is 76.9 Å². The number of nitrogens with one attached hydrogen (secondary N) is 2. The summed E-state index contributed by atoms with van der Waals surface area (Å²) in [7, 11) is 0. The lowest BCUT2D eigenvalue weighted by atomic mass is 10.0. The Morgan fingerprint density at radius 3 is 2.57 bits per heavy atom. The molecule has 5 atom stereocenters. The fraction of sp³-hybridized carbons (Fsp3) is 0.667. The van der Waals surface area contributed by atoms with Gasteiger partial charge in [0.05, 0.1) is 35.7 Å². The van der Waals surface area contributed by atoms with Gasteiger partial charge in [0.1, 0.15) is 17.7 Å². The van der Waals surface area contributed by atoms with E-state index in [-0.39, 0.29) is 12.8 Å². The van der Waals surface area contributed by atoms with Crippen LogP contribution in [0.3, 0.4) is 0 Å². The van der Waals surface area contributed by atoms with Gasteiger partial charge >= 0.3 is 0 Å². The van der Waals surface area contributed by atoms with Gasteiger partial charge in [-0.05, 0) is 63.9 Å². The molecule has 0 bridgehead atoms. The second kappa shape index (κ2) is 9.98. The average Bonchev–Trinajstić information content (AvgIpc) is 3.80. The lowest BCUT2D eigenvalue weighted by molar-refractivity contribution is 0.00446. The van der Waals surface area contributed by atoms with E-state index in [4.69, 9.17) is 24.1 Å². The van der Waals surface area contributed by atoms with Gasteiger partial charge in [0.15, 0.2) is 12.0 Å². The van der Waals surface area contributed by atoms with Crippen molar-refractivity contribution in [1.29, 1.82) is 0 Å². The first-order valence-corrected chi connectivity index (χ1v) is 13.5. The van der Waals surface area contributed by atoms with Gasteiger partial charge in [0, 0.05) is 31.1 Å². The van der Waals surface area contributed by atoms with Gasteiger partial charge < -0.3 is 35.1 Å². The maximum absolute atomic E-state index is 10.7. The van der Waals surface area contributed by atoms with Crippen LogP contribution in [0.1, 0.15) is 56.0 Å². The maximum atomic E-state index is 10.7. The molecule has 0 aromatic carbocycles. The number of fused-ring (bicyclic) bond motifs is 1. The van der Waals surface area contributed by atoms with E-state index in [0.717, 1.165) is 35.9 Å². The zero-order chi connectivity index (χ0) is 25.7. The van der Waals surface area contributed by atoms with Crippen LogP contribution in [0.15, 0.2) is 15.5 Å². The van der Waals surface area contributed by atoms with E-state index in [1.54, 1.807) is 0 Å². The maximum Gasteiger partial charge on any atom is 0.224 e. The topological polar surface area (TPSA) is 145 Å². The lowest BCUT2D eigenvalue weighted by Gasteiger charge is -2.21. The second-order valence-electron chi connectivity index (χ2n) is 11.2. The van der Waals surface area contributed by atoms with Crippen molar-refractivity contribution >= 4 is 17.5 Å². The molecule has 4 aliphatic rings. The predicted octanol–water partition coefficient (Wildman–Crippen LogP) is 2.50. The number of aryl methyl sites for hydroxylation is 1. The van der Waals surface area contributed by atoms with Crippen molar-refractivity contribution in [2.24, 2.45) is 22.7 Å². The summed E-state index contributed by atoms with van der Waals surface area (Å²) in [4.78, 5) is 14.2. The molecule has 3 saturated carbocycles. The van der Waals surface area contributed by atoms with E-state index in [2.05, 4.69) is 10.6 Å². The highest BCUT2D eigenvalue weighted by Gasteiger charge is 2.42. The van der Waals surface area contributed by atoms with E-state index in [9.17, 15) is 15.3 Å². The molecule has 5 N–H and O–H groups in total. The van der Waals surface area contributed by atoms with Crippen LogP contribution < -0.4 is 10.6 Å². The number of nitrogens with zero attached hydrogens (tertiary/aromatic N) is 3. The SMILES string of the molecule is CC1=NC(OCC2CC2)Cc2cc(-c3c(C)nc(NCC4CC4)nc3N[C@@H]3C[C@H](CO)[C@@H](O)[C@H]3O)oc21. The van der Waals surface area contributed by atoms with Crippen LogP contribution in [0.2, 0.25) is 0 Å². The normalized spacial score (nSPS) is 29.2. The summed E-state index contributed by atoms with van der Waals surface area (Å²) in [6, 6.07) is 1.55. The highest BCUT2D eigenvalue weighted by molar-refractivity contribution is 5.99. The zero-order valence-corrected chi connectivity index (χ0v) is 21.5. The fourth-order valence-electron chi connectivity index (χ4n) is 5.38. The number of ether oxygens (including phenoxy) is 1. The minimum Gasteiger partial charge on any atom is -0.454 e. The van der Waals surface area contributed by atoms with Crippen molar-refractivity contribution in [3.05, 3.63) is 23.1 Å². The summed E-state index contributed by atoms with van der Waals surface area (Å²) in [5.74, 6) is 3.36. The molecule has 1 unspecified atom stereocenters. The summed E-state index contributed by atoms with van der Waals surface area (Å²) in [6.07, 6.45) is 3.77. The molecule has 2 aromatic rings. The minimum absolute atomic E-state index is 0.187. The monoisotopic (exact) mass is 511 g/mol. The Balaban J connectivity index is 1.30. The molecule has 0 spiro atoms. The first-order valence-electron chi connectivity index (χ1n) is 13.5. The Bertz CT molecular complexity index is 1170. The molecule has 10 heteroatoms. The van der Waals surface area contributed by atoms with Crippen LogP contribution in [0.25, 0.3) is 11.3 Å². The Kier molecular flexibility index (Phi) is 6.68. The van der Waals surface area contributed by atoms with E-state index in [1.807, 2.05) is 19.9 Å². The van der Waals surface area contributed by atoms with Crippen LogP contribution in [0.4, 0.5) is 11.8 Å². The lowest BCUT2D eigenvalue weighted by Crippen LogP contribution is -2.35. The molecule has 3 heterocycles. The summed E-state index contributed by atoms with van der Waals surface area (Å²) >= 11 is 0. The van der Waals surface area contributed by atoms with Gasteiger partial charge in [-0.3, -0.25) is 4.99 Å². The second-order valence-corrected chi connectivity index (χ2v) is 11.2. The standard InChI is InChI=1S/C27H37N5O5/c1-13-22(20-8-17-9-21(36-12-16-5-6-16)29-14(2)25(17)37-20)26(32-27(30-13)28-10-15-3-4-15)31-19-7-18(11-33)23(34)24(19)35/h8,15-16,18-19,21,23-24,33-35H,3-7,9-12H2,1-2H3,(H2,28,30,31,32)/t18-,19-,21?,23-,24+/m1/s1. The molecule has 10 nitrogen and oxygen atoms in total. The third-order valence-corrected chi connectivity index (χ3v) is 8.03. The van der Waals surface area contributed by atoms with Gasteiger partial charge in [-0.25, -0.2) is 4.98 Å². The first-order chi connectivity index (χ1) is 17.9. The van der Waals surface area contributed by atoms with Gasteiger partial charge in [-0.2, -0.15) is 4.98 Å². The largest absolute Gasteiger partial charge is 0.454 e. The molecule has 6 rings (SSSR count).